The van der Waals surface area contributed by atoms with Crippen molar-refractivity contribution in [2.24, 2.45) is 0 Å². The van der Waals surface area contributed by atoms with Gasteiger partial charge < -0.3 is 25.2 Å². The minimum Gasteiger partial charge on any atom is -0.437 e. The average Bonchev–Trinajstić information content (AvgIpc) is 3.35. The Balaban J connectivity index is 1.38. The molecule has 1 fully saturated rings. The van der Waals surface area contributed by atoms with Gasteiger partial charge in [0.15, 0.2) is 0 Å². The fourth-order valence-corrected chi connectivity index (χ4v) is 4.65. The van der Waals surface area contributed by atoms with Gasteiger partial charge in [0.05, 0.1) is 11.2 Å². The van der Waals surface area contributed by atoms with Gasteiger partial charge in [-0.2, -0.15) is 4.98 Å². The number of halogens is 1. The number of amides is 1. The molecule has 5 rings (SSSR count). The van der Waals surface area contributed by atoms with Gasteiger partial charge in [0, 0.05) is 43.6 Å². The number of nitrogens with zero attached hydrogens (tertiary/aromatic N) is 4. The van der Waals surface area contributed by atoms with Crippen LogP contribution < -0.4 is 20.3 Å². The summed E-state index contributed by atoms with van der Waals surface area (Å²) < 4.78 is 21.8. The summed E-state index contributed by atoms with van der Waals surface area (Å²) in [4.78, 5) is 25.1. The van der Waals surface area contributed by atoms with Crippen LogP contribution in [0, 0.1) is 5.82 Å². The van der Waals surface area contributed by atoms with Crippen molar-refractivity contribution in [3.05, 3.63) is 72.4 Å². The number of carbonyl (C=O) groups is 1. The number of piperazine rings is 1. The number of hydrogen-bond donors (Lipinski definition) is 2. The summed E-state index contributed by atoms with van der Waals surface area (Å²) in [5.41, 5.74) is 2.38. The van der Waals surface area contributed by atoms with Gasteiger partial charge in [0.2, 0.25) is 17.7 Å². The predicted molar refractivity (Wildman–Crippen MR) is 142 cm³/mol. The zero-order valence-electron chi connectivity index (χ0n) is 19.7. The molecule has 0 aliphatic carbocycles. The molecule has 0 radical (unpaired) electrons. The molecular formula is C26H25FN6O2S. The van der Waals surface area contributed by atoms with Gasteiger partial charge in [0.1, 0.15) is 16.3 Å². The number of nitrogens with one attached hydrogen (secondary N) is 2. The van der Waals surface area contributed by atoms with Gasteiger partial charge >= 0.3 is 0 Å². The van der Waals surface area contributed by atoms with Gasteiger partial charge in [-0.25, -0.2) is 9.37 Å². The number of anilines is 4. The van der Waals surface area contributed by atoms with Gasteiger partial charge in [0.25, 0.3) is 0 Å². The first-order valence-corrected chi connectivity index (χ1v) is 12.3. The van der Waals surface area contributed by atoms with Crippen LogP contribution in [0.15, 0.2) is 66.6 Å². The molecule has 0 bridgehead atoms. The van der Waals surface area contributed by atoms with E-state index in [1.54, 1.807) is 30.3 Å². The molecule has 1 aliphatic heterocycles. The van der Waals surface area contributed by atoms with Crippen molar-refractivity contribution in [1.82, 2.24) is 14.9 Å². The maximum Gasteiger partial charge on any atom is 0.247 e. The molecule has 36 heavy (non-hydrogen) atoms. The molecular weight excluding hydrogens is 479 g/mol. The first kappa shape index (κ1) is 23.7. The third-order valence-electron chi connectivity index (χ3n) is 5.84. The largest absolute Gasteiger partial charge is 0.437 e. The lowest BCUT2D eigenvalue weighted by Gasteiger charge is -2.34. The molecule has 10 heteroatoms. The Morgan fingerprint density at radius 2 is 1.97 bits per heavy atom. The highest BCUT2D eigenvalue weighted by atomic mass is 32.1. The van der Waals surface area contributed by atoms with E-state index in [0.29, 0.717) is 22.8 Å². The summed E-state index contributed by atoms with van der Waals surface area (Å²) in [6.45, 7) is 7.08. The van der Waals surface area contributed by atoms with Crippen LogP contribution in [0.3, 0.4) is 0 Å². The summed E-state index contributed by atoms with van der Waals surface area (Å²) in [6, 6.07) is 14.0. The highest BCUT2D eigenvalue weighted by molar-refractivity contribution is 7.17. The van der Waals surface area contributed by atoms with Gasteiger partial charge in [-0.3, -0.25) is 4.79 Å². The third-order valence-corrected chi connectivity index (χ3v) is 6.73. The van der Waals surface area contributed by atoms with E-state index in [0.717, 1.165) is 36.6 Å². The number of thiophene rings is 1. The fourth-order valence-electron chi connectivity index (χ4n) is 3.89. The summed E-state index contributed by atoms with van der Waals surface area (Å²) in [6.07, 6.45) is 1.20. The quantitative estimate of drug-likeness (QED) is 0.333. The van der Waals surface area contributed by atoms with Crippen molar-refractivity contribution < 1.29 is 13.9 Å². The normalized spacial score (nSPS) is 14.0. The van der Waals surface area contributed by atoms with E-state index in [2.05, 4.69) is 44.0 Å². The number of likely N-dealkylation sites (N-methyl/N-ethyl adjacent to an activating group) is 1. The Hall–Kier alpha value is -4.02. The lowest BCUT2D eigenvalue weighted by atomic mass is 10.2. The van der Waals surface area contributed by atoms with E-state index in [-0.39, 0.29) is 23.4 Å². The first-order valence-electron chi connectivity index (χ1n) is 11.4. The lowest BCUT2D eigenvalue weighted by Crippen LogP contribution is -2.44. The summed E-state index contributed by atoms with van der Waals surface area (Å²) in [7, 11) is 2.09. The first-order chi connectivity index (χ1) is 17.5. The van der Waals surface area contributed by atoms with E-state index in [4.69, 9.17) is 4.74 Å². The molecule has 3 heterocycles. The Morgan fingerprint density at radius 3 is 2.75 bits per heavy atom. The van der Waals surface area contributed by atoms with Crippen LogP contribution in [-0.2, 0) is 4.79 Å². The molecule has 2 N–H and O–H groups in total. The minimum atomic E-state index is -0.381. The molecule has 1 aliphatic rings. The number of benzene rings is 2. The predicted octanol–water partition coefficient (Wildman–Crippen LogP) is 5.24. The highest BCUT2D eigenvalue weighted by Gasteiger charge is 2.17. The topological polar surface area (TPSA) is 82.6 Å². The van der Waals surface area contributed by atoms with E-state index in [9.17, 15) is 4.79 Å². The zero-order valence-corrected chi connectivity index (χ0v) is 20.5. The second-order valence-electron chi connectivity index (χ2n) is 8.39. The second-order valence-corrected chi connectivity index (χ2v) is 9.31. The van der Waals surface area contributed by atoms with Crippen molar-refractivity contribution in [2.45, 2.75) is 0 Å². The number of hydrogen-bond acceptors (Lipinski definition) is 8. The number of aromatic nitrogens is 2. The monoisotopic (exact) mass is 504 g/mol. The van der Waals surface area contributed by atoms with Crippen LogP contribution in [0.5, 0.6) is 11.6 Å². The maximum absolute atomic E-state index is 15.0. The van der Waals surface area contributed by atoms with Crippen molar-refractivity contribution in [3.8, 4) is 11.6 Å². The van der Waals surface area contributed by atoms with Crippen molar-refractivity contribution in [3.63, 3.8) is 0 Å². The summed E-state index contributed by atoms with van der Waals surface area (Å²) in [5.74, 6) is 0.340. The molecule has 0 unspecified atom stereocenters. The van der Waals surface area contributed by atoms with Crippen LogP contribution in [0.4, 0.5) is 27.4 Å². The summed E-state index contributed by atoms with van der Waals surface area (Å²) >= 11 is 1.44. The molecule has 0 spiro atoms. The minimum absolute atomic E-state index is 0.221. The van der Waals surface area contributed by atoms with Gasteiger partial charge in [-0.15, -0.1) is 11.3 Å². The van der Waals surface area contributed by atoms with Crippen molar-refractivity contribution >= 4 is 50.5 Å². The standard InChI is InChI=1S/C26H25FN6O2S/c1-3-23(34)28-17-5-4-6-19(15-17)35-25-24-22(9-14-36-24)30-26(31-25)29-21-8-7-18(16-20(21)27)33-12-10-32(2)11-13-33/h3-9,14-16H,1,10-13H2,2H3,(H,28,34)(H,29,30,31). The summed E-state index contributed by atoms with van der Waals surface area (Å²) in [5, 5.41) is 7.59. The Bertz CT molecular complexity index is 1420. The molecule has 1 saturated heterocycles. The van der Waals surface area contributed by atoms with E-state index >= 15 is 4.39 Å². The van der Waals surface area contributed by atoms with E-state index < -0.39 is 0 Å². The van der Waals surface area contributed by atoms with Crippen LogP contribution >= 0.6 is 11.3 Å². The van der Waals surface area contributed by atoms with Crippen molar-refractivity contribution in [2.75, 3.05) is 48.8 Å². The Labute approximate surface area is 212 Å². The highest BCUT2D eigenvalue weighted by Crippen LogP contribution is 2.34. The number of fused-ring (bicyclic) bond motifs is 1. The van der Waals surface area contributed by atoms with Gasteiger partial charge in [-0.1, -0.05) is 12.6 Å². The molecule has 184 valence electrons. The van der Waals surface area contributed by atoms with Crippen LogP contribution in [0.2, 0.25) is 0 Å². The average molecular weight is 505 g/mol. The number of carbonyl (C=O) groups excluding carboxylic acids is 1. The second kappa shape index (κ2) is 10.3. The maximum atomic E-state index is 15.0. The third kappa shape index (κ3) is 5.29. The number of rotatable bonds is 7. The van der Waals surface area contributed by atoms with E-state index in [1.807, 2.05) is 17.5 Å². The molecule has 8 nitrogen and oxygen atoms in total. The molecule has 0 atom stereocenters. The molecule has 1 amide bonds. The number of ether oxygens (including phenoxy) is 1. The molecule has 0 saturated carbocycles. The zero-order chi connectivity index (χ0) is 25.1. The van der Waals surface area contributed by atoms with E-state index in [1.165, 1.54) is 23.5 Å². The molecule has 2 aromatic carbocycles. The van der Waals surface area contributed by atoms with Crippen LogP contribution in [0.1, 0.15) is 0 Å². The Kier molecular flexibility index (Phi) is 6.79. The van der Waals surface area contributed by atoms with Crippen LogP contribution in [-0.4, -0.2) is 54.0 Å². The molecule has 4 aromatic rings. The van der Waals surface area contributed by atoms with Gasteiger partial charge in [-0.05, 0) is 54.9 Å². The Morgan fingerprint density at radius 1 is 1.14 bits per heavy atom. The van der Waals surface area contributed by atoms with Crippen LogP contribution in [0.25, 0.3) is 10.2 Å². The van der Waals surface area contributed by atoms with Crippen molar-refractivity contribution in [1.29, 1.82) is 0 Å². The molecule has 2 aromatic heterocycles. The smallest absolute Gasteiger partial charge is 0.247 e. The SMILES string of the molecule is C=CC(=O)Nc1cccc(Oc2nc(Nc3ccc(N4CCN(C)CC4)cc3F)nc3ccsc23)c1. The fraction of sp³-hybridized carbons (Fsp3) is 0.192. The lowest BCUT2D eigenvalue weighted by molar-refractivity contribution is -0.111.